The summed E-state index contributed by atoms with van der Waals surface area (Å²) in [6.07, 6.45) is 3.26. The molecule has 0 aliphatic carbocycles. The second-order valence-corrected chi connectivity index (χ2v) is 5.98. The van der Waals surface area contributed by atoms with Crippen molar-refractivity contribution in [3.8, 4) is 0 Å². The molecular formula is C15H30N4O. The van der Waals surface area contributed by atoms with Gasteiger partial charge in [0.1, 0.15) is 0 Å². The molecule has 1 unspecified atom stereocenters. The van der Waals surface area contributed by atoms with E-state index in [1.807, 2.05) is 0 Å². The van der Waals surface area contributed by atoms with E-state index in [0.717, 1.165) is 45.1 Å². The highest BCUT2D eigenvalue weighted by atomic mass is 16.3. The number of nitrogens with one attached hydrogen (secondary N) is 1. The van der Waals surface area contributed by atoms with Gasteiger partial charge in [0, 0.05) is 32.7 Å². The van der Waals surface area contributed by atoms with Crippen LogP contribution >= 0.6 is 0 Å². The molecule has 2 aliphatic heterocycles. The number of hydrogen-bond donors (Lipinski definition) is 2. The Morgan fingerprint density at radius 2 is 2.10 bits per heavy atom. The summed E-state index contributed by atoms with van der Waals surface area (Å²) in [5.41, 5.74) is 0. The fraction of sp³-hybridized carbons (Fsp3) is 0.933. The van der Waals surface area contributed by atoms with Crippen LogP contribution in [0.5, 0.6) is 0 Å². The fourth-order valence-electron chi connectivity index (χ4n) is 3.16. The maximum Gasteiger partial charge on any atom is 0.194 e. The molecule has 0 spiro atoms. The minimum absolute atomic E-state index is 0.191. The minimum atomic E-state index is -0.191. The first-order valence-electron chi connectivity index (χ1n) is 8.16. The monoisotopic (exact) mass is 282 g/mol. The minimum Gasteiger partial charge on any atom is -0.391 e. The molecule has 0 radical (unpaired) electrons. The first kappa shape index (κ1) is 15.6. The van der Waals surface area contributed by atoms with Crippen LogP contribution in [0, 0.1) is 5.92 Å². The summed E-state index contributed by atoms with van der Waals surface area (Å²) in [6.45, 7) is 11.3. The second-order valence-electron chi connectivity index (χ2n) is 5.98. The quantitative estimate of drug-likeness (QED) is 0.590. The van der Waals surface area contributed by atoms with E-state index in [0.29, 0.717) is 5.92 Å². The maximum absolute atomic E-state index is 9.67. The highest BCUT2D eigenvalue weighted by Crippen LogP contribution is 2.17. The van der Waals surface area contributed by atoms with Crippen molar-refractivity contribution in [2.75, 3.05) is 45.8 Å². The Bertz CT molecular complexity index is 321. The number of likely N-dealkylation sites (tertiary alicyclic amines) is 2. The predicted molar refractivity (Wildman–Crippen MR) is 83.0 cm³/mol. The number of aliphatic hydroxyl groups is 1. The van der Waals surface area contributed by atoms with E-state index in [1.165, 1.54) is 25.9 Å². The normalized spacial score (nSPS) is 28.9. The Morgan fingerprint density at radius 3 is 2.75 bits per heavy atom. The van der Waals surface area contributed by atoms with Crippen LogP contribution in [0.25, 0.3) is 0 Å². The van der Waals surface area contributed by atoms with Gasteiger partial charge in [-0.3, -0.25) is 4.99 Å². The van der Waals surface area contributed by atoms with Crippen molar-refractivity contribution in [2.45, 2.75) is 39.2 Å². The molecule has 2 fully saturated rings. The van der Waals surface area contributed by atoms with Crippen LogP contribution < -0.4 is 5.32 Å². The summed E-state index contributed by atoms with van der Waals surface area (Å²) in [5, 5.41) is 13.0. The van der Waals surface area contributed by atoms with Gasteiger partial charge in [-0.25, -0.2) is 0 Å². The summed E-state index contributed by atoms with van der Waals surface area (Å²) >= 11 is 0. The number of piperidine rings is 1. The number of guanidine groups is 1. The molecule has 0 aromatic heterocycles. The van der Waals surface area contributed by atoms with Crippen molar-refractivity contribution >= 4 is 5.96 Å². The third-order valence-corrected chi connectivity index (χ3v) is 4.35. The van der Waals surface area contributed by atoms with E-state index < -0.39 is 0 Å². The highest BCUT2D eigenvalue weighted by molar-refractivity contribution is 5.80. The SMILES string of the molecule is CCNC(=NCC1CCCN(CC)C1)N1CC[C@@H](O)C1. The Morgan fingerprint density at radius 1 is 1.25 bits per heavy atom. The molecule has 2 saturated heterocycles. The first-order chi connectivity index (χ1) is 9.72. The van der Waals surface area contributed by atoms with Gasteiger partial charge in [-0.1, -0.05) is 6.92 Å². The number of hydrogen-bond acceptors (Lipinski definition) is 3. The molecule has 0 aromatic carbocycles. The van der Waals surface area contributed by atoms with Crippen LogP contribution in [0.15, 0.2) is 4.99 Å². The Balaban J connectivity index is 1.88. The maximum atomic E-state index is 9.67. The van der Waals surface area contributed by atoms with Crippen molar-refractivity contribution < 1.29 is 5.11 Å². The van der Waals surface area contributed by atoms with Gasteiger partial charge in [-0.2, -0.15) is 0 Å². The van der Waals surface area contributed by atoms with E-state index in [-0.39, 0.29) is 6.10 Å². The first-order valence-corrected chi connectivity index (χ1v) is 8.16. The lowest BCUT2D eigenvalue weighted by molar-refractivity contribution is 0.184. The lowest BCUT2D eigenvalue weighted by Gasteiger charge is -2.31. The van der Waals surface area contributed by atoms with Crippen LogP contribution in [-0.4, -0.2) is 72.8 Å². The van der Waals surface area contributed by atoms with Gasteiger partial charge in [0.2, 0.25) is 0 Å². The van der Waals surface area contributed by atoms with Crippen LogP contribution in [0.1, 0.15) is 33.1 Å². The molecule has 0 saturated carbocycles. The van der Waals surface area contributed by atoms with Crippen molar-refractivity contribution in [3.05, 3.63) is 0 Å². The lowest BCUT2D eigenvalue weighted by Crippen LogP contribution is -2.41. The van der Waals surface area contributed by atoms with E-state index in [4.69, 9.17) is 4.99 Å². The average Bonchev–Trinajstić information content (AvgIpc) is 2.90. The summed E-state index contributed by atoms with van der Waals surface area (Å²) in [6, 6.07) is 0. The molecule has 2 atom stereocenters. The molecule has 5 heteroatoms. The molecular weight excluding hydrogens is 252 g/mol. The summed E-state index contributed by atoms with van der Waals surface area (Å²) in [4.78, 5) is 9.53. The van der Waals surface area contributed by atoms with Crippen LogP contribution in [-0.2, 0) is 0 Å². The number of aliphatic hydroxyl groups excluding tert-OH is 1. The van der Waals surface area contributed by atoms with Gasteiger partial charge >= 0.3 is 0 Å². The molecule has 0 amide bonds. The molecule has 2 rings (SSSR count). The Labute approximate surface area is 123 Å². The van der Waals surface area contributed by atoms with E-state index in [1.54, 1.807) is 0 Å². The third kappa shape index (κ3) is 4.35. The predicted octanol–water partition coefficient (Wildman–Crippen LogP) is 0.750. The lowest BCUT2D eigenvalue weighted by atomic mass is 9.98. The average molecular weight is 282 g/mol. The molecule has 116 valence electrons. The molecule has 20 heavy (non-hydrogen) atoms. The smallest absolute Gasteiger partial charge is 0.194 e. The van der Waals surface area contributed by atoms with Gasteiger partial charge < -0.3 is 20.2 Å². The van der Waals surface area contributed by atoms with E-state index >= 15 is 0 Å². The largest absolute Gasteiger partial charge is 0.391 e. The zero-order valence-corrected chi connectivity index (χ0v) is 13.0. The van der Waals surface area contributed by atoms with Crippen molar-refractivity contribution in [3.63, 3.8) is 0 Å². The molecule has 0 bridgehead atoms. The zero-order valence-electron chi connectivity index (χ0n) is 13.0. The standard InChI is InChI=1S/C15H30N4O/c1-3-16-15(19-9-7-14(20)12-19)17-10-13-6-5-8-18(4-2)11-13/h13-14,20H,3-12H2,1-2H3,(H,16,17)/t13?,14-/m1/s1. The summed E-state index contributed by atoms with van der Waals surface area (Å²) < 4.78 is 0. The number of β-amino-alcohol motifs (C(OH)–C–C–N with tert-alkyl or cyclic N) is 1. The summed E-state index contributed by atoms with van der Waals surface area (Å²) in [7, 11) is 0. The van der Waals surface area contributed by atoms with Gasteiger partial charge in [0.05, 0.1) is 6.10 Å². The zero-order chi connectivity index (χ0) is 14.4. The second kappa shape index (κ2) is 7.84. The topological polar surface area (TPSA) is 51.1 Å². The van der Waals surface area contributed by atoms with Crippen molar-refractivity contribution in [1.82, 2.24) is 15.1 Å². The molecule has 2 aliphatic rings. The molecule has 2 N–H and O–H groups in total. The molecule has 2 heterocycles. The fourth-order valence-corrected chi connectivity index (χ4v) is 3.16. The molecule has 5 nitrogen and oxygen atoms in total. The summed E-state index contributed by atoms with van der Waals surface area (Å²) in [5.74, 6) is 1.67. The van der Waals surface area contributed by atoms with Crippen LogP contribution in [0.3, 0.4) is 0 Å². The Kier molecular flexibility index (Phi) is 6.10. The third-order valence-electron chi connectivity index (χ3n) is 4.35. The number of aliphatic imine (C=N–C) groups is 1. The number of rotatable bonds is 4. The van der Waals surface area contributed by atoms with Crippen LogP contribution in [0.4, 0.5) is 0 Å². The van der Waals surface area contributed by atoms with Crippen molar-refractivity contribution in [2.24, 2.45) is 10.9 Å². The number of nitrogens with zero attached hydrogens (tertiary/aromatic N) is 3. The van der Waals surface area contributed by atoms with Gasteiger partial charge in [-0.05, 0) is 45.2 Å². The van der Waals surface area contributed by atoms with Gasteiger partial charge in [-0.15, -0.1) is 0 Å². The Hall–Kier alpha value is -0.810. The van der Waals surface area contributed by atoms with E-state index in [9.17, 15) is 5.11 Å². The van der Waals surface area contributed by atoms with Gasteiger partial charge in [0.15, 0.2) is 5.96 Å². The van der Waals surface area contributed by atoms with Crippen molar-refractivity contribution in [1.29, 1.82) is 0 Å². The molecule has 0 aromatic rings. The highest BCUT2D eigenvalue weighted by Gasteiger charge is 2.24. The van der Waals surface area contributed by atoms with Crippen LogP contribution in [0.2, 0.25) is 0 Å². The van der Waals surface area contributed by atoms with Gasteiger partial charge in [0.25, 0.3) is 0 Å². The van der Waals surface area contributed by atoms with E-state index in [2.05, 4.69) is 29.0 Å².